The third-order valence-electron chi connectivity index (χ3n) is 4.90. The Kier molecular flexibility index (Phi) is 7.39. The van der Waals surface area contributed by atoms with E-state index in [4.69, 9.17) is 32.7 Å². The van der Waals surface area contributed by atoms with Crippen molar-refractivity contribution < 1.29 is 26.3 Å². The molecule has 0 aliphatic carbocycles. The first-order valence-electron chi connectivity index (χ1n) is 9.28. The van der Waals surface area contributed by atoms with Crippen LogP contribution in [0.25, 0.3) is 0 Å². The Bertz CT molecular complexity index is 1080. The maximum Gasteiger partial charge on any atom is 0.246 e. The number of methoxy groups -OCH3 is 2. The van der Waals surface area contributed by atoms with Crippen molar-refractivity contribution >= 4 is 43.2 Å². The van der Waals surface area contributed by atoms with E-state index in [-0.39, 0.29) is 57.5 Å². The van der Waals surface area contributed by atoms with Gasteiger partial charge in [-0.2, -0.15) is 8.61 Å². The number of nitrogens with zero attached hydrogens (tertiary/aromatic N) is 2. The molecule has 0 unspecified atom stereocenters. The summed E-state index contributed by atoms with van der Waals surface area (Å²) < 4.78 is 65.7. The van der Waals surface area contributed by atoms with Crippen LogP contribution in [0, 0.1) is 0 Å². The van der Waals surface area contributed by atoms with Gasteiger partial charge >= 0.3 is 0 Å². The molecule has 0 N–H and O–H groups in total. The topological polar surface area (TPSA) is 93.2 Å². The van der Waals surface area contributed by atoms with Crippen molar-refractivity contribution in [3.8, 4) is 11.5 Å². The van der Waals surface area contributed by atoms with Crippen molar-refractivity contribution in [2.24, 2.45) is 0 Å². The molecular formula is C19H22Cl2N2O6S2. The van der Waals surface area contributed by atoms with Gasteiger partial charge in [0.15, 0.2) is 0 Å². The summed E-state index contributed by atoms with van der Waals surface area (Å²) in [6, 6.07) is 8.69. The Morgan fingerprint density at radius 2 is 1.10 bits per heavy atom. The van der Waals surface area contributed by atoms with E-state index in [1.165, 1.54) is 59.2 Å². The molecule has 1 aliphatic rings. The zero-order valence-electron chi connectivity index (χ0n) is 16.9. The first-order valence-corrected chi connectivity index (χ1v) is 12.9. The van der Waals surface area contributed by atoms with Gasteiger partial charge in [-0.25, -0.2) is 16.8 Å². The largest absolute Gasteiger partial charge is 0.495 e. The highest BCUT2D eigenvalue weighted by Crippen LogP contribution is 2.32. The van der Waals surface area contributed by atoms with Gasteiger partial charge in [0.25, 0.3) is 0 Å². The highest BCUT2D eigenvalue weighted by atomic mass is 35.5. The number of sulfonamides is 2. The van der Waals surface area contributed by atoms with Crippen LogP contribution in [0.2, 0.25) is 10.0 Å². The lowest BCUT2D eigenvalue weighted by Gasteiger charge is -2.23. The molecule has 3 rings (SSSR count). The minimum absolute atomic E-state index is 0.0277. The molecule has 2 aromatic carbocycles. The molecule has 170 valence electrons. The van der Waals surface area contributed by atoms with E-state index in [0.717, 1.165) is 0 Å². The summed E-state index contributed by atoms with van der Waals surface area (Å²) in [7, 11) is -5.15. The van der Waals surface area contributed by atoms with Crippen molar-refractivity contribution in [2.75, 3.05) is 40.4 Å². The summed E-state index contributed by atoms with van der Waals surface area (Å²) >= 11 is 12.0. The quantitative estimate of drug-likeness (QED) is 0.594. The summed E-state index contributed by atoms with van der Waals surface area (Å²) in [6.07, 6.45) is 0.310. The Balaban J connectivity index is 1.89. The van der Waals surface area contributed by atoms with Gasteiger partial charge in [-0.05, 0) is 42.8 Å². The molecule has 1 heterocycles. The maximum absolute atomic E-state index is 13.2. The highest BCUT2D eigenvalue weighted by Gasteiger charge is 2.34. The van der Waals surface area contributed by atoms with Gasteiger partial charge < -0.3 is 9.47 Å². The van der Waals surface area contributed by atoms with Gasteiger partial charge in [0, 0.05) is 36.2 Å². The van der Waals surface area contributed by atoms with Crippen molar-refractivity contribution in [3.05, 3.63) is 46.4 Å². The summed E-state index contributed by atoms with van der Waals surface area (Å²) in [5, 5.41) is 0.512. The van der Waals surface area contributed by atoms with E-state index < -0.39 is 20.0 Å². The number of ether oxygens (including phenoxy) is 2. The summed E-state index contributed by atoms with van der Waals surface area (Å²) in [4.78, 5) is -0.120. The average molecular weight is 509 g/mol. The Morgan fingerprint density at radius 1 is 0.710 bits per heavy atom. The van der Waals surface area contributed by atoms with E-state index in [1.807, 2.05) is 0 Å². The lowest BCUT2D eigenvalue weighted by molar-refractivity contribution is 0.384. The predicted octanol–water partition coefficient (Wildman–Crippen LogP) is 3.10. The average Bonchev–Trinajstić information content (AvgIpc) is 3.01. The fraction of sp³-hybridized carbons (Fsp3) is 0.368. The van der Waals surface area contributed by atoms with Crippen LogP contribution in [0.4, 0.5) is 0 Å². The fourth-order valence-corrected chi connectivity index (χ4v) is 7.11. The van der Waals surface area contributed by atoms with Crippen LogP contribution >= 0.6 is 23.2 Å². The van der Waals surface area contributed by atoms with Crippen molar-refractivity contribution in [3.63, 3.8) is 0 Å². The molecule has 0 spiro atoms. The molecule has 0 amide bonds. The van der Waals surface area contributed by atoms with Crippen LogP contribution in [-0.4, -0.2) is 65.8 Å². The van der Waals surface area contributed by atoms with E-state index >= 15 is 0 Å². The molecule has 0 radical (unpaired) electrons. The molecule has 0 atom stereocenters. The minimum atomic E-state index is -3.95. The first kappa shape index (κ1) is 24.1. The smallest absolute Gasteiger partial charge is 0.246 e. The molecule has 0 saturated carbocycles. The SMILES string of the molecule is COc1ccc(Cl)cc1S(=O)(=O)N1CCCN(S(=O)(=O)c2cc(Cl)ccc2OC)CC1. The van der Waals surface area contributed by atoms with Gasteiger partial charge in [-0.3, -0.25) is 0 Å². The molecule has 8 nitrogen and oxygen atoms in total. The van der Waals surface area contributed by atoms with Crippen LogP contribution in [0.15, 0.2) is 46.2 Å². The van der Waals surface area contributed by atoms with Crippen molar-refractivity contribution in [1.82, 2.24) is 8.61 Å². The number of halogens is 2. The van der Waals surface area contributed by atoms with Gasteiger partial charge in [0.05, 0.1) is 14.2 Å². The number of hydrogen-bond donors (Lipinski definition) is 0. The van der Waals surface area contributed by atoms with Crippen molar-refractivity contribution in [2.45, 2.75) is 16.2 Å². The zero-order chi connectivity index (χ0) is 22.8. The van der Waals surface area contributed by atoms with Crippen LogP contribution in [0.5, 0.6) is 11.5 Å². The molecule has 31 heavy (non-hydrogen) atoms. The molecule has 1 fully saturated rings. The van der Waals surface area contributed by atoms with Gasteiger partial charge in [0.1, 0.15) is 21.3 Å². The Morgan fingerprint density at radius 3 is 1.45 bits per heavy atom. The Labute approximate surface area is 192 Å². The number of benzene rings is 2. The number of hydrogen-bond acceptors (Lipinski definition) is 6. The van der Waals surface area contributed by atoms with Crippen LogP contribution in [-0.2, 0) is 20.0 Å². The summed E-state index contributed by atoms with van der Waals surface area (Å²) in [5.74, 6) is 0.337. The minimum Gasteiger partial charge on any atom is -0.495 e. The molecule has 1 aliphatic heterocycles. The number of rotatable bonds is 6. The molecule has 12 heteroatoms. The maximum atomic E-state index is 13.2. The third kappa shape index (κ3) is 4.94. The van der Waals surface area contributed by atoms with Gasteiger partial charge in [0.2, 0.25) is 20.0 Å². The van der Waals surface area contributed by atoms with Gasteiger partial charge in [-0.15, -0.1) is 0 Å². The van der Waals surface area contributed by atoms with Crippen LogP contribution in [0.1, 0.15) is 6.42 Å². The standard InChI is InChI=1S/C19H22Cl2N2O6S2/c1-28-16-6-4-14(20)12-18(16)30(24,25)22-8-3-9-23(11-10-22)31(26,27)19-13-15(21)5-7-17(19)29-2/h4-7,12-13H,3,8-11H2,1-2H3. The normalized spacial score (nSPS) is 16.6. The molecule has 2 aromatic rings. The van der Waals surface area contributed by atoms with E-state index in [1.54, 1.807) is 0 Å². The lowest BCUT2D eigenvalue weighted by atomic mass is 10.3. The second kappa shape index (κ2) is 9.51. The highest BCUT2D eigenvalue weighted by molar-refractivity contribution is 7.89. The molecule has 1 saturated heterocycles. The first-order chi connectivity index (χ1) is 14.6. The zero-order valence-corrected chi connectivity index (χ0v) is 20.1. The van der Waals surface area contributed by atoms with Crippen molar-refractivity contribution in [1.29, 1.82) is 0 Å². The van der Waals surface area contributed by atoms with Crippen LogP contribution in [0.3, 0.4) is 0 Å². The third-order valence-corrected chi connectivity index (χ3v) is 9.21. The summed E-state index contributed by atoms with van der Waals surface area (Å²) in [6.45, 7) is 0.244. The second-order valence-electron chi connectivity index (χ2n) is 6.75. The van der Waals surface area contributed by atoms with Gasteiger partial charge in [-0.1, -0.05) is 23.2 Å². The predicted molar refractivity (Wildman–Crippen MR) is 118 cm³/mol. The monoisotopic (exact) mass is 508 g/mol. The molecular weight excluding hydrogens is 487 g/mol. The van der Waals surface area contributed by atoms with Crippen LogP contribution < -0.4 is 9.47 Å². The summed E-state index contributed by atoms with van der Waals surface area (Å²) in [5.41, 5.74) is 0. The Hall–Kier alpha value is -1.56. The lowest BCUT2D eigenvalue weighted by Crippen LogP contribution is -2.37. The van der Waals surface area contributed by atoms with E-state index in [2.05, 4.69) is 0 Å². The molecule has 0 bridgehead atoms. The fourth-order valence-electron chi connectivity index (χ4n) is 3.33. The van der Waals surface area contributed by atoms with E-state index in [9.17, 15) is 16.8 Å². The second-order valence-corrected chi connectivity index (χ2v) is 11.4. The van der Waals surface area contributed by atoms with E-state index in [0.29, 0.717) is 6.42 Å². The molecule has 0 aromatic heterocycles.